The molecule has 0 aromatic heterocycles. The molecule has 0 spiro atoms. The van der Waals surface area contributed by atoms with Gasteiger partial charge in [0.1, 0.15) is 0 Å². The number of ether oxygens (including phenoxy) is 2. The van der Waals surface area contributed by atoms with E-state index in [0.29, 0.717) is 22.6 Å². The van der Waals surface area contributed by atoms with E-state index in [4.69, 9.17) is 9.47 Å². The monoisotopic (exact) mass is 510 g/mol. The fraction of sp³-hybridized carbons (Fsp3) is 0.387. The molecular weight excluding hydrogens is 477 g/mol. The van der Waals surface area contributed by atoms with E-state index in [2.05, 4.69) is 6.92 Å². The van der Waals surface area contributed by atoms with Crippen LogP contribution in [-0.2, 0) is 0 Å². The number of halogens is 3. The Kier molecular flexibility index (Phi) is 8.91. The van der Waals surface area contributed by atoms with E-state index in [1.165, 1.54) is 63.1 Å². The van der Waals surface area contributed by atoms with Crippen LogP contribution in [-0.4, -0.2) is 13.1 Å². The molecule has 0 aliphatic heterocycles. The zero-order chi connectivity index (χ0) is 26.4. The summed E-state index contributed by atoms with van der Waals surface area (Å²) in [6, 6.07) is 13.7. The second-order valence-electron chi connectivity index (χ2n) is 9.81. The largest absolute Gasteiger partial charge is 0.494 e. The average Bonchev–Trinajstić information content (AvgIpc) is 2.92. The molecule has 0 unspecified atom stereocenters. The van der Waals surface area contributed by atoms with Gasteiger partial charge in [0.2, 0.25) is 5.82 Å². The van der Waals surface area contributed by atoms with Crippen LogP contribution in [0.4, 0.5) is 13.2 Å². The maximum atomic E-state index is 15.0. The summed E-state index contributed by atoms with van der Waals surface area (Å²) < 4.78 is 54.0. The molecular formula is C31H33F3O3. The Morgan fingerprint density at radius 3 is 2.16 bits per heavy atom. The van der Waals surface area contributed by atoms with Crippen LogP contribution in [0.1, 0.15) is 80.1 Å². The standard InChI is InChI=1S/C31H33F3O3/c1-3-4-5-6-20-7-9-22(10-8-20)25-16-18-28(30(34)29(25)33)37-31(35)23-13-11-21(12-14-23)24-15-17-27(36-2)26(32)19-24/h11-20,22H,3-10H2,1-2H3. The van der Waals surface area contributed by atoms with Gasteiger partial charge in [-0.05, 0) is 84.5 Å². The van der Waals surface area contributed by atoms with E-state index in [1.54, 1.807) is 24.3 Å². The first-order valence-corrected chi connectivity index (χ1v) is 13.0. The van der Waals surface area contributed by atoms with Crippen molar-refractivity contribution in [3.8, 4) is 22.6 Å². The van der Waals surface area contributed by atoms with E-state index < -0.39 is 29.2 Å². The van der Waals surface area contributed by atoms with Gasteiger partial charge < -0.3 is 9.47 Å². The van der Waals surface area contributed by atoms with Crippen LogP contribution < -0.4 is 9.47 Å². The molecule has 0 atom stereocenters. The molecule has 3 nitrogen and oxygen atoms in total. The minimum absolute atomic E-state index is 0.0167. The second-order valence-corrected chi connectivity index (χ2v) is 9.81. The molecule has 1 fully saturated rings. The highest BCUT2D eigenvalue weighted by atomic mass is 19.2. The highest BCUT2D eigenvalue weighted by Crippen LogP contribution is 2.40. The Morgan fingerprint density at radius 2 is 1.51 bits per heavy atom. The van der Waals surface area contributed by atoms with Crippen LogP contribution in [0.15, 0.2) is 54.6 Å². The van der Waals surface area contributed by atoms with Gasteiger partial charge in [0, 0.05) is 0 Å². The summed E-state index contributed by atoms with van der Waals surface area (Å²) in [5.74, 6) is -3.00. The Morgan fingerprint density at radius 1 is 0.838 bits per heavy atom. The number of unbranched alkanes of at least 4 members (excludes halogenated alkanes) is 2. The first-order valence-electron chi connectivity index (χ1n) is 13.0. The summed E-state index contributed by atoms with van der Waals surface area (Å²) in [6.07, 6.45) is 8.64. The summed E-state index contributed by atoms with van der Waals surface area (Å²) in [6.45, 7) is 2.19. The molecule has 3 aromatic carbocycles. The summed E-state index contributed by atoms with van der Waals surface area (Å²) >= 11 is 0. The molecule has 1 saturated carbocycles. The Balaban J connectivity index is 1.39. The van der Waals surface area contributed by atoms with Gasteiger partial charge in [-0.15, -0.1) is 0 Å². The third-order valence-electron chi connectivity index (χ3n) is 7.39. The molecule has 0 saturated heterocycles. The quantitative estimate of drug-likeness (QED) is 0.164. The minimum Gasteiger partial charge on any atom is -0.494 e. The fourth-order valence-corrected chi connectivity index (χ4v) is 5.19. The van der Waals surface area contributed by atoms with Crippen LogP contribution in [0.3, 0.4) is 0 Å². The molecule has 0 bridgehead atoms. The predicted octanol–water partition coefficient (Wildman–Crippen LogP) is 8.85. The van der Waals surface area contributed by atoms with Crippen LogP contribution >= 0.6 is 0 Å². The van der Waals surface area contributed by atoms with Gasteiger partial charge in [0.05, 0.1) is 12.7 Å². The number of carbonyl (C=O) groups is 1. The summed E-state index contributed by atoms with van der Waals surface area (Å²) in [7, 11) is 1.39. The minimum atomic E-state index is -1.14. The number of benzene rings is 3. The van der Waals surface area contributed by atoms with Crippen molar-refractivity contribution in [2.75, 3.05) is 7.11 Å². The van der Waals surface area contributed by atoms with Gasteiger partial charge in [-0.3, -0.25) is 0 Å². The average molecular weight is 511 g/mol. The molecule has 1 aliphatic rings. The Labute approximate surface area is 216 Å². The number of hydrogen-bond donors (Lipinski definition) is 0. The smallest absolute Gasteiger partial charge is 0.343 e. The van der Waals surface area contributed by atoms with Gasteiger partial charge in [0.25, 0.3) is 0 Å². The summed E-state index contributed by atoms with van der Waals surface area (Å²) in [4.78, 5) is 12.6. The maximum absolute atomic E-state index is 15.0. The molecule has 0 radical (unpaired) electrons. The van der Waals surface area contributed by atoms with Gasteiger partial charge in [-0.2, -0.15) is 4.39 Å². The van der Waals surface area contributed by atoms with Crippen molar-refractivity contribution in [3.05, 3.63) is 83.2 Å². The molecule has 0 N–H and O–H groups in total. The van der Waals surface area contributed by atoms with Crippen molar-refractivity contribution >= 4 is 5.97 Å². The van der Waals surface area contributed by atoms with Gasteiger partial charge in [0.15, 0.2) is 23.1 Å². The van der Waals surface area contributed by atoms with Crippen LogP contribution in [0.2, 0.25) is 0 Å². The Bertz CT molecular complexity index is 1220. The number of methoxy groups -OCH3 is 1. The number of esters is 1. The van der Waals surface area contributed by atoms with Crippen molar-refractivity contribution in [1.29, 1.82) is 0 Å². The SMILES string of the molecule is CCCCCC1CCC(c2ccc(OC(=O)c3ccc(-c4ccc(OC)c(F)c4)cc3)c(F)c2F)CC1. The second kappa shape index (κ2) is 12.3. The van der Waals surface area contributed by atoms with Crippen molar-refractivity contribution in [2.24, 2.45) is 5.92 Å². The lowest BCUT2D eigenvalue weighted by Gasteiger charge is -2.29. The predicted molar refractivity (Wildman–Crippen MR) is 139 cm³/mol. The summed E-state index contributed by atoms with van der Waals surface area (Å²) in [5.41, 5.74) is 1.82. The molecule has 1 aliphatic carbocycles. The number of rotatable bonds is 9. The third kappa shape index (κ3) is 6.35. The molecule has 6 heteroatoms. The van der Waals surface area contributed by atoms with Gasteiger partial charge >= 0.3 is 5.97 Å². The molecule has 0 amide bonds. The fourth-order valence-electron chi connectivity index (χ4n) is 5.19. The van der Waals surface area contributed by atoms with Gasteiger partial charge in [-0.25, -0.2) is 13.6 Å². The number of hydrogen-bond acceptors (Lipinski definition) is 3. The zero-order valence-corrected chi connectivity index (χ0v) is 21.4. The molecule has 37 heavy (non-hydrogen) atoms. The first kappa shape index (κ1) is 26.8. The Hall–Kier alpha value is -3.28. The highest BCUT2D eigenvalue weighted by Gasteiger charge is 2.27. The number of carbonyl (C=O) groups excluding carboxylic acids is 1. The van der Waals surface area contributed by atoms with Crippen molar-refractivity contribution in [3.63, 3.8) is 0 Å². The normalized spacial score (nSPS) is 17.4. The molecule has 196 valence electrons. The lowest BCUT2D eigenvalue weighted by atomic mass is 9.77. The van der Waals surface area contributed by atoms with E-state index in [9.17, 15) is 18.0 Å². The van der Waals surface area contributed by atoms with Crippen molar-refractivity contribution in [1.82, 2.24) is 0 Å². The van der Waals surface area contributed by atoms with E-state index >= 15 is 0 Å². The summed E-state index contributed by atoms with van der Waals surface area (Å²) in [5, 5.41) is 0. The van der Waals surface area contributed by atoms with Crippen LogP contribution in [0, 0.1) is 23.4 Å². The maximum Gasteiger partial charge on any atom is 0.343 e. The van der Waals surface area contributed by atoms with Crippen LogP contribution in [0.5, 0.6) is 11.5 Å². The lowest BCUT2D eigenvalue weighted by Crippen LogP contribution is -2.16. The third-order valence-corrected chi connectivity index (χ3v) is 7.39. The van der Waals surface area contributed by atoms with E-state index in [0.717, 1.165) is 25.7 Å². The zero-order valence-electron chi connectivity index (χ0n) is 21.4. The van der Waals surface area contributed by atoms with Crippen molar-refractivity contribution in [2.45, 2.75) is 64.2 Å². The first-order chi connectivity index (χ1) is 17.9. The molecule has 3 aromatic rings. The van der Waals surface area contributed by atoms with E-state index in [-0.39, 0.29) is 17.2 Å². The van der Waals surface area contributed by atoms with Gasteiger partial charge in [-0.1, -0.05) is 56.9 Å². The lowest BCUT2D eigenvalue weighted by molar-refractivity contribution is 0.0726. The molecule has 0 heterocycles. The van der Waals surface area contributed by atoms with Crippen molar-refractivity contribution < 1.29 is 27.4 Å². The highest BCUT2D eigenvalue weighted by molar-refractivity contribution is 5.91. The van der Waals surface area contributed by atoms with E-state index in [1.807, 2.05) is 0 Å². The topological polar surface area (TPSA) is 35.5 Å². The molecule has 4 rings (SSSR count). The van der Waals surface area contributed by atoms with Crippen LogP contribution in [0.25, 0.3) is 11.1 Å².